The lowest BCUT2D eigenvalue weighted by Gasteiger charge is -2.03. The molecule has 0 atom stereocenters. The summed E-state index contributed by atoms with van der Waals surface area (Å²) in [6.45, 7) is 1.92. The van der Waals surface area contributed by atoms with Gasteiger partial charge in [-0.1, -0.05) is 0 Å². The van der Waals surface area contributed by atoms with Gasteiger partial charge in [0.2, 0.25) is 0 Å². The number of ether oxygens (including phenoxy) is 2. The summed E-state index contributed by atoms with van der Waals surface area (Å²) in [5.41, 5.74) is 5.50. The quantitative estimate of drug-likeness (QED) is 0.629. The molecule has 0 aliphatic heterocycles. The maximum Gasteiger partial charge on any atom is 0.358 e. The molecule has 0 aromatic carbocycles. The first-order valence-electron chi connectivity index (χ1n) is 4.78. The molecule has 0 saturated heterocycles. The highest BCUT2D eigenvalue weighted by molar-refractivity contribution is 5.91. The Morgan fingerprint density at radius 3 is 2.88 bits per heavy atom. The number of carboxylic acids is 1. The van der Waals surface area contributed by atoms with Crippen molar-refractivity contribution >= 4 is 11.7 Å². The average molecular weight is 229 g/mol. The van der Waals surface area contributed by atoms with Crippen LogP contribution in [0.4, 0.5) is 5.69 Å². The van der Waals surface area contributed by atoms with Gasteiger partial charge in [-0.2, -0.15) is 5.10 Å². The number of nitrogen functional groups attached to an aromatic ring is 1. The molecule has 0 aliphatic rings. The molecule has 0 bridgehead atoms. The zero-order valence-corrected chi connectivity index (χ0v) is 9.05. The van der Waals surface area contributed by atoms with Gasteiger partial charge in [-0.3, -0.25) is 4.68 Å². The van der Waals surface area contributed by atoms with E-state index in [4.69, 9.17) is 20.3 Å². The van der Waals surface area contributed by atoms with E-state index in [-0.39, 0.29) is 11.4 Å². The van der Waals surface area contributed by atoms with E-state index < -0.39 is 5.97 Å². The van der Waals surface area contributed by atoms with Crippen LogP contribution in [-0.2, 0) is 16.0 Å². The van der Waals surface area contributed by atoms with Gasteiger partial charge < -0.3 is 20.3 Å². The molecule has 0 unspecified atom stereocenters. The lowest BCUT2D eigenvalue weighted by Crippen LogP contribution is -2.10. The molecular formula is C9H15N3O4. The Kier molecular flexibility index (Phi) is 4.74. The maximum absolute atomic E-state index is 10.6. The molecule has 0 amide bonds. The molecule has 16 heavy (non-hydrogen) atoms. The van der Waals surface area contributed by atoms with E-state index in [0.717, 1.165) is 0 Å². The van der Waals surface area contributed by atoms with Crippen molar-refractivity contribution in [2.24, 2.45) is 0 Å². The van der Waals surface area contributed by atoms with E-state index in [2.05, 4.69) is 5.10 Å². The largest absolute Gasteiger partial charge is 0.476 e. The summed E-state index contributed by atoms with van der Waals surface area (Å²) in [4.78, 5) is 10.6. The van der Waals surface area contributed by atoms with Gasteiger partial charge >= 0.3 is 5.97 Å². The van der Waals surface area contributed by atoms with Crippen molar-refractivity contribution in [2.45, 2.75) is 6.54 Å². The van der Waals surface area contributed by atoms with E-state index in [0.29, 0.717) is 26.4 Å². The Morgan fingerprint density at radius 2 is 2.31 bits per heavy atom. The number of hydrogen-bond acceptors (Lipinski definition) is 5. The maximum atomic E-state index is 10.6. The monoisotopic (exact) mass is 229 g/mol. The SMILES string of the molecule is COCCOCCn1cc(N)c(C(=O)O)n1. The van der Waals surface area contributed by atoms with Crippen LogP contribution >= 0.6 is 0 Å². The molecule has 0 fully saturated rings. The fraction of sp³-hybridized carbons (Fsp3) is 0.556. The van der Waals surface area contributed by atoms with Gasteiger partial charge in [0.15, 0.2) is 5.69 Å². The molecule has 0 saturated carbocycles. The number of anilines is 1. The van der Waals surface area contributed by atoms with Crippen molar-refractivity contribution in [1.82, 2.24) is 9.78 Å². The van der Waals surface area contributed by atoms with Crippen LogP contribution in [0.5, 0.6) is 0 Å². The molecule has 1 aromatic heterocycles. The molecule has 0 aliphatic carbocycles. The van der Waals surface area contributed by atoms with Crippen molar-refractivity contribution < 1.29 is 19.4 Å². The summed E-state index contributed by atoms with van der Waals surface area (Å²) in [5.74, 6) is -1.13. The summed E-state index contributed by atoms with van der Waals surface area (Å²) >= 11 is 0. The van der Waals surface area contributed by atoms with Crippen LogP contribution < -0.4 is 5.73 Å². The van der Waals surface area contributed by atoms with Gasteiger partial charge in [-0.15, -0.1) is 0 Å². The number of carbonyl (C=O) groups is 1. The van der Waals surface area contributed by atoms with Crippen molar-refractivity contribution in [3.8, 4) is 0 Å². The summed E-state index contributed by atoms with van der Waals surface area (Å²) in [6, 6.07) is 0. The minimum Gasteiger partial charge on any atom is -0.476 e. The first-order chi connectivity index (χ1) is 7.65. The van der Waals surface area contributed by atoms with E-state index in [9.17, 15) is 4.79 Å². The Morgan fingerprint density at radius 1 is 1.56 bits per heavy atom. The Labute approximate surface area is 92.8 Å². The van der Waals surface area contributed by atoms with Gasteiger partial charge in [-0.05, 0) is 0 Å². The number of carboxylic acid groups (broad SMARTS) is 1. The highest BCUT2D eigenvalue weighted by Gasteiger charge is 2.12. The third-order valence-corrected chi connectivity index (χ3v) is 1.89. The molecule has 7 nitrogen and oxygen atoms in total. The van der Waals surface area contributed by atoms with E-state index in [1.54, 1.807) is 7.11 Å². The normalized spacial score (nSPS) is 10.6. The lowest BCUT2D eigenvalue weighted by atomic mass is 10.4. The third kappa shape index (κ3) is 3.52. The highest BCUT2D eigenvalue weighted by Crippen LogP contribution is 2.08. The van der Waals surface area contributed by atoms with Gasteiger partial charge in [0.25, 0.3) is 0 Å². The van der Waals surface area contributed by atoms with Crippen LogP contribution in [0.15, 0.2) is 6.20 Å². The first kappa shape index (κ1) is 12.5. The number of hydrogen-bond donors (Lipinski definition) is 2. The zero-order valence-electron chi connectivity index (χ0n) is 9.05. The third-order valence-electron chi connectivity index (χ3n) is 1.89. The second-order valence-electron chi connectivity index (χ2n) is 3.11. The Balaban J connectivity index is 2.37. The van der Waals surface area contributed by atoms with Crippen molar-refractivity contribution in [2.75, 3.05) is 32.7 Å². The predicted octanol–water partition coefficient (Wildman–Crippen LogP) is -0.173. The van der Waals surface area contributed by atoms with E-state index in [1.165, 1.54) is 10.9 Å². The molecule has 3 N–H and O–H groups in total. The standard InChI is InChI=1S/C9H15N3O4/c1-15-4-5-16-3-2-12-6-7(10)8(11-12)9(13)14/h6H,2-5,10H2,1H3,(H,13,14). The minimum absolute atomic E-state index is 0.128. The molecule has 1 aromatic rings. The fourth-order valence-corrected chi connectivity index (χ4v) is 1.12. The summed E-state index contributed by atoms with van der Waals surface area (Å²) in [6.07, 6.45) is 1.48. The highest BCUT2D eigenvalue weighted by atomic mass is 16.5. The van der Waals surface area contributed by atoms with Gasteiger partial charge in [0, 0.05) is 13.3 Å². The summed E-state index contributed by atoms with van der Waals surface area (Å²) in [7, 11) is 1.59. The van der Waals surface area contributed by atoms with Gasteiger partial charge in [0.05, 0.1) is 32.1 Å². The van der Waals surface area contributed by atoms with Crippen LogP contribution in [0.2, 0.25) is 0 Å². The molecule has 90 valence electrons. The Bertz CT molecular complexity index is 351. The second-order valence-corrected chi connectivity index (χ2v) is 3.11. The van der Waals surface area contributed by atoms with Crippen LogP contribution in [-0.4, -0.2) is 47.8 Å². The number of rotatable bonds is 7. The number of aromatic nitrogens is 2. The molecule has 0 radical (unpaired) electrons. The van der Waals surface area contributed by atoms with Crippen LogP contribution in [0, 0.1) is 0 Å². The summed E-state index contributed by atoms with van der Waals surface area (Å²) in [5, 5.41) is 12.5. The molecule has 1 heterocycles. The molecule has 7 heteroatoms. The van der Waals surface area contributed by atoms with Gasteiger partial charge in [-0.25, -0.2) is 4.79 Å². The summed E-state index contributed by atoms with van der Waals surface area (Å²) < 4.78 is 11.5. The topological polar surface area (TPSA) is 99.6 Å². The van der Waals surface area contributed by atoms with Gasteiger partial charge in [0.1, 0.15) is 0 Å². The predicted molar refractivity (Wildman–Crippen MR) is 56.3 cm³/mol. The van der Waals surface area contributed by atoms with Crippen LogP contribution in [0.3, 0.4) is 0 Å². The van der Waals surface area contributed by atoms with Crippen molar-refractivity contribution in [3.05, 3.63) is 11.9 Å². The molecule has 0 spiro atoms. The van der Waals surface area contributed by atoms with Crippen LogP contribution in [0.1, 0.15) is 10.5 Å². The van der Waals surface area contributed by atoms with Crippen molar-refractivity contribution in [3.63, 3.8) is 0 Å². The minimum atomic E-state index is -1.13. The average Bonchev–Trinajstić information content (AvgIpc) is 2.59. The number of nitrogens with two attached hydrogens (primary N) is 1. The number of aromatic carboxylic acids is 1. The van der Waals surface area contributed by atoms with Crippen molar-refractivity contribution in [1.29, 1.82) is 0 Å². The molecule has 1 rings (SSSR count). The number of methoxy groups -OCH3 is 1. The Hall–Kier alpha value is -1.60. The molecular weight excluding hydrogens is 214 g/mol. The smallest absolute Gasteiger partial charge is 0.358 e. The van der Waals surface area contributed by atoms with Crippen LogP contribution in [0.25, 0.3) is 0 Å². The second kappa shape index (κ2) is 6.09. The first-order valence-corrected chi connectivity index (χ1v) is 4.78. The fourth-order valence-electron chi connectivity index (χ4n) is 1.12. The lowest BCUT2D eigenvalue weighted by molar-refractivity contribution is 0.0645. The number of nitrogens with zero attached hydrogens (tertiary/aromatic N) is 2. The van der Waals surface area contributed by atoms with E-state index >= 15 is 0 Å². The van der Waals surface area contributed by atoms with E-state index in [1.807, 2.05) is 0 Å². The zero-order chi connectivity index (χ0) is 12.0.